The van der Waals surface area contributed by atoms with E-state index in [0.717, 1.165) is 38.4 Å². The van der Waals surface area contributed by atoms with Crippen LogP contribution in [-0.4, -0.2) is 68.2 Å². The lowest BCUT2D eigenvalue weighted by Crippen LogP contribution is -2.51. The van der Waals surface area contributed by atoms with Crippen molar-refractivity contribution < 1.29 is 4.74 Å². The Labute approximate surface area is 117 Å². The largest absolute Gasteiger partial charge is 0.382 e. The lowest BCUT2D eigenvalue weighted by Gasteiger charge is -2.32. The quantitative estimate of drug-likeness (QED) is 0.332. The third-order valence-corrected chi connectivity index (χ3v) is 3.52. The summed E-state index contributed by atoms with van der Waals surface area (Å²) in [4.78, 5) is 9.31. The normalized spacial score (nSPS) is 24.2. The van der Waals surface area contributed by atoms with Gasteiger partial charge in [0.15, 0.2) is 0 Å². The highest BCUT2D eigenvalue weighted by atomic mass is 16.5. The van der Waals surface area contributed by atoms with Crippen molar-refractivity contribution in [2.75, 3.05) is 40.4 Å². The number of hydrazine groups is 1. The van der Waals surface area contributed by atoms with Gasteiger partial charge in [0.25, 0.3) is 0 Å². The topological polar surface area (TPSA) is 66.1 Å². The monoisotopic (exact) mass is 271 g/mol. The van der Waals surface area contributed by atoms with Crippen LogP contribution in [0.25, 0.3) is 0 Å². The lowest BCUT2D eigenvalue weighted by molar-refractivity contribution is 0.184. The highest BCUT2D eigenvalue weighted by Crippen LogP contribution is 2.12. The van der Waals surface area contributed by atoms with Crippen molar-refractivity contribution in [3.63, 3.8) is 0 Å². The molecule has 0 aromatic carbocycles. The average Bonchev–Trinajstić information content (AvgIpc) is 2.57. The summed E-state index contributed by atoms with van der Waals surface area (Å²) in [5.41, 5.74) is 2.77. The van der Waals surface area contributed by atoms with Gasteiger partial charge in [-0.25, -0.2) is 10.8 Å². The van der Waals surface area contributed by atoms with Crippen molar-refractivity contribution >= 4 is 5.96 Å². The molecular weight excluding hydrogens is 242 g/mol. The van der Waals surface area contributed by atoms with Crippen LogP contribution in [0.4, 0.5) is 0 Å². The summed E-state index contributed by atoms with van der Waals surface area (Å²) >= 11 is 0. The van der Waals surface area contributed by atoms with E-state index >= 15 is 0 Å². The molecular formula is C13H29N5O. The van der Waals surface area contributed by atoms with Crippen molar-refractivity contribution in [3.05, 3.63) is 0 Å². The smallest absolute Gasteiger partial charge is 0.209 e. The Morgan fingerprint density at radius 2 is 2.26 bits per heavy atom. The maximum absolute atomic E-state index is 5.67. The van der Waals surface area contributed by atoms with Crippen LogP contribution in [0, 0.1) is 0 Å². The number of ether oxygens (including phenoxy) is 1. The molecule has 0 aromatic heterocycles. The minimum Gasteiger partial charge on any atom is -0.382 e. The molecule has 19 heavy (non-hydrogen) atoms. The molecule has 1 heterocycles. The van der Waals surface area contributed by atoms with Gasteiger partial charge < -0.3 is 14.5 Å². The zero-order valence-corrected chi connectivity index (χ0v) is 12.7. The van der Waals surface area contributed by atoms with Crippen LogP contribution in [0.5, 0.6) is 0 Å². The second kappa shape index (κ2) is 8.35. The number of nitrogens with one attached hydrogen (secondary N) is 1. The molecule has 112 valence electrons. The number of hydrogen-bond donors (Lipinski definition) is 2. The van der Waals surface area contributed by atoms with Crippen LogP contribution in [0.3, 0.4) is 0 Å². The van der Waals surface area contributed by atoms with Crippen molar-refractivity contribution in [1.82, 2.24) is 15.2 Å². The van der Waals surface area contributed by atoms with Gasteiger partial charge in [-0.1, -0.05) is 6.92 Å². The third-order valence-electron chi connectivity index (χ3n) is 3.52. The molecule has 1 aliphatic heterocycles. The molecule has 1 rings (SSSR count). The van der Waals surface area contributed by atoms with E-state index in [9.17, 15) is 0 Å². The molecule has 0 saturated carbocycles. The van der Waals surface area contributed by atoms with E-state index in [4.69, 9.17) is 10.6 Å². The molecule has 6 nitrogen and oxygen atoms in total. The summed E-state index contributed by atoms with van der Waals surface area (Å²) in [5, 5.41) is 0. The Morgan fingerprint density at radius 1 is 1.53 bits per heavy atom. The van der Waals surface area contributed by atoms with E-state index < -0.39 is 0 Å². The number of aliphatic imine (C=N–C) groups is 1. The van der Waals surface area contributed by atoms with Crippen LogP contribution in [0.1, 0.15) is 26.7 Å². The fourth-order valence-electron chi connectivity index (χ4n) is 2.55. The van der Waals surface area contributed by atoms with Crippen LogP contribution in [-0.2, 0) is 4.74 Å². The second-order valence-electron chi connectivity index (χ2n) is 5.27. The molecule has 0 aliphatic carbocycles. The molecule has 2 unspecified atom stereocenters. The summed E-state index contributed by atoms with van der Waals surface area (Å²) in [6.07, 6.45) is 2.22. The maximum Gasteiger partial charge on any atom is 0.209 e. The SMILES string of the molecule is CCC1CN(C)CCCN1C(=NC(C)COC)NN. The minimum absolute atomic E-state index is 0.106. The molecule has 0 spiro atoms. The van der Waals surface area contributed by atoms with E-state index in [0.29, 0.717) is 12.6 Å². The van der Waals surface area contributed by atoms with Crippen LogP contribution >= 0.6 is 0 Å². The first kappa shape index (κ1) is 16.2. The van der Waals surface area contributed by atoms with Gasteiger partial charge in [0, 0.05) is 26.2 Å². The number of rotatable bonds is 4. The van der Waals surface area contributed by atoms with Crippen LogP contribution < -0.4 is 11.3 Å². The van der Waals surface area contributed by atoms with Crippen LogP contribution in [0.15, 0.2) is 4.99 Å². The van der Waals surface area contributed by atoms with E-state index in [1.807, 2.05) is 6.92 Å². The first-order valence-electron chi connectivity index (χ1n) is 7.10. The molecule has 2 atom stereocenters. The van der Waals surface area contributed by atoms with E-state index in [1.165, 1.54) is 0 Å². The molecule has 0 bridgehead atoms. The van der Waals surface area contributed by atoms with E-state index in [-0.39, 0.29) is 6.04 Å². The number of methoxy groups -OCH3 is 1. The highest BCUT2D eigenvalue weighted by Gasteiger charge is 2.24. The van der Waals surface area contributed by atoms with Crippen molar-refractivity contribution in [2.24, 2.45) is 10.8 Å². The third kappa shape index (κ3) is 4.97. The Balaban J connectivity index is 2.81. The summed E-state index contributed by atoms with van der Waals surface area (Å²) in [7, 11) is 3.86. The first-order valence-corrected chi connectivity index (χ1v) is 7.10. The zero-order valence-electron chi connectivity index (χ0n) is 12.7. The average molecular weight is 271 g/mol. The van der Waals surface area contributed by atoms with Gasteiger partial charge in [-0.05, 0) is 33.4 Å². The number of hydrogen-bond acceptors (Lipinski definition) is 4. The minimum atomic E-state index is 0.106. The molecule has 0 radical (unpaired) electrons. The highest BCUT2D eigenvalue weighted by molar-refractivity contribution is 5.80. The first-order chi connectivity index (χ1) is 9.12. The predicted octanol–water partition coefficient (Wildman–Crippen LogP) is 0.257. The molecule has 1 fully saturated rings. The van der Waals surface area contributed by atoms with Gasteiger partial charge >= 0.3 is 0 Å². The summed E-state index contributed by atoms with van der Waals surface area (Å²) in [6.45, 7) is 8.02. The molecule has 1 aliphatic rings. The van der Waals surface area contributed by atoms with Crippen molar-refractivity contribution in [2.45, 2.75) is 38.8 Å². The van der Waals surface area contributed by atoms with Gasteiger partial charge in [0.05, 0.1) is 12.6 Å². The fourth-order valence-corrected chi connectivity index (χ4v) is 2.55. The van der Waals surface area contributed by atoms with E-state index in [1.54, 1.807) is 7.11 Å². The lowest BCUT2D eigenvalue weighted by atomic mass is 10.2. The van der Waals surface area contributed by atoms with Gasteiger partial charge in [-0.2, -0.15) is 0 Å². The summed E-state index contributed by atoms with van der Waals surface area (Å²) in [6, 6.07) is 0.562. The van der Waals surface area contributed by atoms with Gasteiger partial charge in [0.2, 0.25) is 5.96 Å². The summed E-state index contributed by atoms with van der Waals surface area (Å²) < 4.78 is 5.13. The Morgan fingerprint density at radius 3 is 2.84 bits per heavy atom. The van der Waals surface area contributed by atoms with E-state index in [2.05, 4.69) is 34.2 Å². The molecule has 6 heteroatoms. The van der Waals surface area contributed by atoms with Gasteiger partial charge in [-0.15, -0.1) is 0 Å². The molecule has 0 amide bonds. The Hall–Kier alpha value is -0.850. The van der Waals surface area contributed by atoms with Crippen LogP contribution in [0.2, 0.25) is 0 Å². The van der Waals surface area contributed by atoms with Crippen molar-refractivity contribution in [1.29, 1.82) is 0 Å². The predicted molar refractivity (Wildman–Crippen MR) is 79.0 cm³/mol. The number of guanidine groups is 1. The number of nitrogens with two attached hydrogens (primary N) is 1. The number of nitrogens with zero attached hydrogens (tertiary/aromatic N) is 3. The summed E-state index contributed by atoms with van der Waals surface area (Å²) in [5.74, 6) is 6.46. The maximum atomic E-state index is 5.67. The van der Waals surface area contributed by atoms with Gasteiger partial charge in [-0.3, -0.25) is 5.43 Å². The van der Waals surface area contributed by atoms with Crippen molar-refractivity contribution in [3.8, 4) is 0 Å². The second-order valence-corrected chi connectivity index (χ2v) is 5.27. The molecule has 1 saturated heterocycles. The Kier molecular flexibility index (Phi) is 7.12. The molecule has 0 aromatic rings. The fraction of sp³-hybridized carbons (Fsp3) is 0.923. The Bertz CT molecular complexity index is 284. The standard InChI is InChI=1S/C13H29N5O/c1-5-12-9-17(3)7-6-8-18(12)13(16-14)15-11(2)10-19-4/h11-12H,5-10,14H2,1-4H3,(H,15,16). The number of likely N-dealkylation sites (N-methyl/N-ethyl adjacent to an activating group) is 1. The zero-order chi connectivity index (χ0) is 14.3. The van der Waals surface area contributed by atoms with Gasteiger partial charge in [0.1, 0.15) is 0 Å². The molecule has 3 N–H and O–H groups in total.